The van der Waals surface area contributed by atoms with E-state index in [0.29, 0.717) is 37.5 Å². The molecule has 2 rings (SSSR count). The van der Waals surface area contributed by atoms with Crippen LogP contribution in [0.4, 0.5) is 15.8 Å². The number of nitrogens with two attached hydrogens (primary N) is 2. The molecule has 5 nitrogen and oxygen atoms in total. The van der Waals surface area contributed by atoms with E-state index in [1.807, 2.05) is 11.8 Å². The number of halogens is 1. The first kappa shape index (κ1) is 14.4. The Labute approximate surface area is 117 Å². The minimum atomic E-state index is -0.467. The first-order chi connectivity index (χ1) is 9.52. The second kappa shape index (κ2) is 5.98. The van der Waals surface area contributed by atoms with Crippen molar-refractivity contribution in [3.8, 4) is 5.75 Å². The van der Waals surface area contributed by atoms with Crippen molar-refractivity contribution in [1.29, 1.82) is 0 Å². The van der Waals surface area contributed by atoms with Gasteiger partial charge in [0.15, 0.2) is 11.6 Å². The van der Waals surface area contributed by atoms with Crippen LogP contribution in [0.1, 0.15) is 19.8 Å². The summed E-state index contributed by atoms with van der Waals surface area (Å²) in [6, 6.07) is 2.86. The lowest BCUT2D eigenvalue weighted by Crippen LogP contribution is -2.27. The summed E-state index contributed by atoms with van der Waals surface area (Å²) in [5.74, 6) is -0.765. The number of anilines is 2. The van der Waals surface area contributed by atoms with Gasteiger partial charge >= 0.3 is 0 Å². The Morgan fingerprint density at radius 1 is 1.55 bits per heavy atom. The van der Waals surface area contributed by atoms with E-state index in [1.165, 1.54) is 6.07 Å². The Kier molecular flexibility index (Phi) is 4.32. The summed E-state index contributed by atoms with van der Waals surface area (Å²) in [5.41, 5.74) is 12.2. The predicted molar refractivity (Wildman–Crippen MR) is 76.1 cm³/mol. The highest BCUT2D eigenvalue weighted by molar-refractivity contribution is 5.79. The standard InChI is InChI=1S/C14H20FN3O2/c1-2-5-20-13-7-12(11(16)6-10(13)15)18-4-3-9(8-18)14(17)19/h6-7,9H,2-5,8,16H2,1H3,(H2,17,19). The van der Waals surface area contributed by atoms with Crippen LogP contribution in [-0.2, 0) is 4.79 Å². The molecule has 1 aliphatic heterocycles. The summed E-state index contributed by atoms with van der Waals surface area (Å²) in [6.45, 7) is 3.59. The van der Waals surface area contributed by atoms with Gasteiger partial charge in [-0.15, -0.1) is 0 Å². The van der Waals surface area contributed by atoms with Crippen LogP contribution in [0.2, 0.25) is 0 Å². The van der Waals surface area contributed by atoms with Gasteiger partial charge in [-0.3, -0.25) is 4.79 Å². The zero-order valence-corrected chi connectivity index (χ0v) is 11.6. The summed E-state index contributed by atoms with van der Waals surface area (Å²) in [4.78, 5) is 13.2. The molecule has 4 N–H and O–H groups in total. The number of carbonyl (C=O) groups is 1. The fraction of sp³-hybridized carbons (Fsp3) is 0.500. The van der Waals surface area contributed by atoms with E-state index in [0.717, 1.165) is 6.42 Å². The van der Waals surface area contributed by atoms with E-state index in [4.69, 9.17) is 16.2 Å². The van der Waals surface area contributed by atoms with Gasteiger partial charge in [-0.25, -0.2) is 4.39 Å². The molecule has 6 heteroatoms. The van der Waals surface area contributed by atoms with Gasteiger partial charge in [-0.1, -0.05) is 6.92 Å². The number of benzene rings is 1. The zero-order valence-electron chi connectivity index (χ0n) is 11.6. The average Bonchev–Trinajstić information content (AvgIpc) is 2.87. The molecule has 1 aliphatic rings. The molecule has 0 aliphatic carbocycles. The second-order valence-corrected chi connectivity index (χ2v) is 5.02. The fourth-order valence-corrected chi connectivity index (χ4v) is 2.37. The van der Waals surface area contributed by atoms with Crippen LogP contribution in [0.15, 0.2) is 12.1 Å². The van der Waals surface area contributed by atoms with E-state index in [-0.39, 0.29) is 17.6 Å². The third-order valence-electron chi connectivity index (χ3n) is 3.47. The van der Waals surface area contributed by atoms with E-state index in [2.05, 4.69) is 0 Å². The summed E-state index contributed by atoms with van der Waals surface area (Å²) in [5, 5.41) is 0. The molecule has 1 aromatic rings. The maximum Gasteiger partial charge on any atom is 0.222 e. The normalized spacial score (nSPS) is 18.3. The SMILES string of the molecule is CCCOc1cc(N2CCC(C(N)=O)C2)c(N)cc1F. The van der Waals surface area contributed by atoms with Gasteiger partial charge in [0.25, 0.3) is 0 Å². The zero-order chi connectivity index (χ0) is 14.7. The molecule has 0 bridgehead atoms. The van der Waals surface area contributed by atoms with Crippen molar-refractivity contribution in [2.45, 2.75) is 19.8 Å². The number of hydrogen-bond donors (Lipinski definition) is 2. The average molecular weight is 281 g/mol. The number of ether oxygens (including phenoxy) is 1. The summed E-state index contributed by atoms with van der Waals surface area (Å²) in [6.07, 6.45) is 1.49. The number of nitrogen functional groups attached to an aromatic ring is 1. The third kappa shape index (κ3) is 2.95. The first-order valence-corrected chi connectivity index (χ1v) is 6.79. The topological polar surface area (TPSA) is 81.6 Å². The fourth-order valence-electron chi connectivity index (χ4n) is 2.37. The number of carbonyl (C=O) groups excluding carboxylic acids is 1. The lowest BCUT2D eigenvalue weighted by molar-refractivity contribution is -0.121. The Morgan fingerprint density at radius 3 is 2.90 bits per heavy atom. The highest BCUT2D eigenvalue weighted by Crippen LogP contribution is 2.34. The summed E-state index contributed by atoms with van der Waals surface area (Å²) < 4.78 is 19.1. The van der Waals surface area contributed by atoms with E-state index >= 15 is 0 Å². The van der Waals surface area contributed by atoms with Crippen molar-refractivity contribution in [3.63, 3.8) is 0 Å². The van der Waals surface area contributed by atoms with Gasteiger partial charge in [0.1, 0.15) is 0 Å². The van der Waals surface area contributed by atoms with Crippen molar-refractivity contribution < 1.29 is 13.9 Å². The number of hydrogen-bond acceptors (Lipinski definition) is 4. The molecular formula is C14H20FN3O2. The van der Waals surface area contributed by atoms with Gasteiger partial charge in [-0.05, 0) is 12.8 Å². The molecule has 0 aromatic heterocycles. The summed E-state index contributed by atoms with van der Waals surface area (Å²) in [7, 11) is 0. The quantitative estimate of drug-likeness (QED) is 0.802. The van der Waals surface area contributed by atoms with Crippen molar-refractivity contribution in [3.05, 3.63) is 17.9 Å². The second-order valence-electron chi connectivity index (χ2n) is 5.02. The molecule has 0 saturated carbocycles. The molecular weight excluding hydrogens is 261 g/mol. The molecule has 1 atom stereocenters. The maximum absolute atomic E-state index is 13.7. The number of nitrogens with zero attached hydrogens (tertiary/aromatic N) is 1. The van der Waals surface area contributed by atoms with Crippen LogP contribution in [0, 0.1) is 11.7 Å². The Bertz CT molecular complexity index is 507. The number of rotatable bonds is 5. The van der Waals surface area contributed by atoms with Gasteiger partial charge in [0.2, 0.25) is 5.91 Å². The van der Waals surface area contributed by atoms with Gasteiger partial charge < -0.3 is 21.1 Å². The van der Waals surface area contributed by atoms with Gasteiger partial charge in [-0.2, -0.15) is 0 Å². The molecule has 1 amide bonds. The first-order valence-electron chi connectivity index (χ1n) is 6.79. The highest BCUT2D eigenvalue weighted by atomic mass is 19.1. The van der Waals surface area contributed by atoms with Crippen molar-refractivity contribution in [1.82, 2.24) is 0 Å². The maximum atomic E-state index is 13.7. The van der Waals surface area contributed by atoms with E-state index in [9.17, 15) is 9.18 Å². The molecule has 0 radical (unpaired) electrons. The van der Waals surface area contributed by atoms with Crippen LogP contribution in [0.25, 0.3) is 0 Å². The Balaban J connectivity index is 2.21. The highest BCUT2D eigenvalue weighted by Gasteiger charge is 2.28. The molecule has 1 fully saturated rings. The van der Waals surface area contributed by atoms with E-state index in [1.54, 1.807) is 6.07 Å². The lowest BCUT2D eigenvalue weighted by Gasteiger charge is -2.21. The largest absolute Gasteiger partial charge is 0.490 e. The Morgan fingerprint density at radius 2 is 2.30 bits per heavy atom. The molecule has 1 heterocycles. The number of primary amides is 1. The van der Waals surface area contributed by atoms with Crippen molar-refractivity contribution in [2.24, 2.45) is 11.7 Å². The predicted octanol–water partition coefficient (Wildman–Crippen LogP) is 1.51. The molecule has 1 unspecified atom stereocenters. The Hall–Kier alpha value is -1.98. The molecule has 1 aromatic carbocycles. The van der Waals surface area contributed by atoms with Crippen LogP contribution >= 0.6 is 0 Å². The molecule has 1 saturated heterocycles. The van der Waals surface area contributed by atoms with Crippen molar-refractivity contribution >= 4 is 17.3 Å². The summed E-state index contributed by atoms with van der Waals surface area (Å²) >= 11 is 0. The number of amides is 1. The lowest BCUT2D eigenvalue weighted by atomic mass is 10.1. The van der Waals surface area contributed by atoms with Crippen molar-refractivity contribution in [2.75, 3.05) is 30.3 Å². The molecule has 20 heavy (non-hydrogen) atoms. The van der Waals surface area contributed by atoms with E-state index < -0.39 is 5.82 Å². The van der Waals surface area contributed by atoms with Gasteiger partial charge in [0, 0.05) is 25.2 Å². The smallest absolute Gasteiger partial charge is 0.222 e. The monoisotopic (exact) mass is 281 g/mol. The third-order valence-corrected chi connectivity index (χ3v) is 3.47. The van der Waals surface area contributed by atoms with Gasteiger partial charge in [0.05, 0.1) is 23.9 Å². The van der Waals surface area contributed by atoms with Crippen LogP contribution in [0.3, 0.4) is 0 Å². The minimum Gasteiger partial charge on any atom is -0.490 e. The van der Waals surface area contributed by atoms with Crippen LogP contribution < -0.4 is 21.1 Å². The minimum absolute atomic E-state index is 0.181. The van der Waals surface area contributed by atoms with Crippen LogP contribution in [-0.4, -0.2) is 25.6 Å². The van der Waals surface area contributed by atoms with Crippen LogP contribution in [0.5, 0.6) is 5.75 Å². The molecule has 0 spiro atoms. The molecule has 110 valence electrons.